The van der Waals surface area contributed by atoms with E-state index in [1.54, 1.807) is 67.7 Å². The molecule has 45 heavy (non-hydrogen) atoms. The Morgan fingerprint density at radius 3 is 1.73 bits per heavy atom. The van der Waals surface area contributed by atoms with Crippen molar-refractivity contribution in [1.82, 2.24) is 14.6 Å². The number of hydrogen-bond donors (Lipinski definition) is 1. The van der Waals surface area contributed by atoms with Gasteiger partial charge in [0.1, 0.15) is 16.2 Å². The molecule has 0 aliphatic rings. The fourth-order valence-corrected chi connectivity index (χ4v) is 8.19. The molecule has 237 valence electrons. The van der Waals surface area contributed by atoms with Crippen LogP contribution in [0, 0.1) is 32.1 Å². The largest absolute Gasteiger partial charge is 0.744 e. The van der Waals surface area contributed by atoms with Gasteiger partial charge in [0, 0.05) is 44.9 Å². The van der Waals surface area contributed by atoms with Gasteiger partial charge in [-0.15, -0.1) is 0 Å². The predicted octanol–water partition coefficient (Wildman–Crippen LogP) is 8.32. The van der Waals surface area contributed by atoms with Crippen LogP contribution in [0.4, 0.5) is 0 Å². The van der Waals surface area contributed by atoms with Gasteiger partial charge in [0.25, 0.3) is 0 Å². The summed E-state index contributed by atoms with van der Waals surface area (Å²) in [4.78, 5) is 3.80. The van der Waals surface area contributed by atoms with E-state index in [4.69, 9.17) is 11.1 Å². The maximum absolute atomic E-state index is 10.8. The monoisotopic (exact) mass is 1010 g/mol. The average Bonchev–Trinajstić information content (AvgIpc) is 3.26. The van der Waals surface area contributed by atoms with Crippen LogP contribution in [0.15, 0.2) is 99.2 Å². The molecule has 4 aromatic heterocycles. The first-order valence-electron chi connectivity index (χ1n) is 11.7. The van der Waals surface area contributed by atoms with Gasteiger partial charge in [-0.2, -0.15) is 10.4 Å². The molecular formula is C28H26BBr6N6O3S. The highest BCUT2D eigenvalue weighted by Crippen LogP contribution is 2.25. The van der Waals surface area contributed by atoms with E-state index in [1.165, 1.54) is 4.68 Å². The number of aryl methyl sites for hydroxylation is 3. The van der Waals surface area contributed by atoms with Crippen LogP contribution in [-0.4, -0.2) is 36.0 Å². The fraction of sp³-hybridized carbons (Fsp3) is 0.143. The van der Waals surface area contributed by atoms with Crippen molar-refractivity contribution < 1.29 is 17.6 Å². The Kier molecular flexibility index (Phi) is 19.2. The minimum atomic E-state index is -4.33. The Labute approximate surface area is 315 Å². The third-order valence-electron chi connectivity index (χ3n) is 5.00. The molecule has 2 N–H and O–H groups in total. The summed E-state index contributed by atoms with van der Waals surface area (Å²) in [5.41, 5.74) is 3.37. The van der Waals surface area contributed by atoms with Gasteiger partial charge >= 0.3 is 0 Å². The Morgan fingerprint density at radius 1 is 0.844 bits per heavy atom. The lowest BCUT2D eigenvalue weighted by molar-refractivity contribution is -0.640. The average molecular weight is 1020 g/mol. The van der Waals surface area contributed by atoms with Crippen molar-refractivity contribution in [2.45, 2.75) is 33.1 Å². The summed E-state index contributed by atoms with van der Waals surface area (Å²) in [6.07, 6.45) is 10.4. The molecule has 0 atom stereocenters. The van der Waals surface area contributed by atoms with Crippen molar-refractivity contribution in [1.29, 1.82) is 5.26 Å². The van der Waals surface area contributed by atoms with Gasteiger partial charge in [0.2, 0.25) is 12.4 Å². The summed E-state index contributed by atoms with van der Waals surface area (Å²) in [5, 5.41) is 12.8. The van der Waals surface area contributed by atoms with Gasteiger partial charge in [-0.1, -0.05) is 29.8 Å². The van der Waals surface area contributed by atoms with Crippen LogP contribution in [0.2, 0.25) is 0 Å². The summed E-state index contributed by atoms with van der Waals surface area (Å²) in [7, 11) is -4.33. The molecule has 9 nitrogen and oxygen atoms in total. The number of nitrogen functional groups attached to an aromatic ring is 1. The molecule has 1 aromatic carbocycles. The first-order valence-corrected chi connectivity index (χ1v) is 17.8. The second-order valence-corrected chi connectivity index (χ2v) is 15.3. The normalized spacial score (nSPS) is 9.89. The zero-order valence-corrected chi connectivity index (χ0v) is 33.5. The molecular weight excluding hydrogens is 991 g/mol. The second kappa shape index (κ2) is 19.9. The van der Waals surface area contributed by atoms with Crippen molar-refractivity contribution in [2.75, 3.05) is 5.84 Å². The van der Waals surface area contributed by atoms with E-state index in [0.29, 0.717) is 16.7 Å². The molecule has 4 heterocycles. The van der Waals surface area contributed by atoms with E-state index >= 15 is 0 Å². The number of aromatic nitrogens is 4. The smallest absolute Gasteiger partial charge is 0.213 e. The Balaban J connectivity index is 0.000000576. The molecule has 0 bridgehead atoms. The molecule has 0 saturated carbocycles. The van der Waals surface area contributed by atoms with Gasteiger partial charge in [0.15, 0.2) is 0 Å². The molecule has 0 spiro atoms. The van der Waals surface area contributed by atoms with E-state index in [2.05, 4.69) is 112 Å². The SMILES string of the molecule is Brc1cncc(Br)c1.C.Cc1cc(C)c(S(=O)(=O)[O-])c(C)c1.N#Cc1cnn2cc(Br)cc(Br)c12.N[n+]1cc(Br)cc(Br)c1.[B]. The van der Waals surface area contributed by atoms with Gasteiger partial charge < -0.3 is 4.55 Å². The van der Waals surface area contributed by atoms with E-state index in [9.17, 15) is 13.0 Å². The molecule has 5 aromatic rings. The van der Waals surface area contributed by atoms with E-state index in [0.717, 1.165) is 37.9 Å². The van der Waals surface area contributed by atoms with Gasteiger partial charge in [0.05, 0.1) is 31.1 Å². The number of halogens is 6. The van der Waals surface area contributed by atoms with Gasteiger partial charge in [-0.05, 0) is 146 Å². The van der Waals surface area contributed by atoms with Gasteiger partial charge in [-0.3, -0.25) is 4.98 Å². The van der Waals surface area contributed by atoms with Crippen LogP contribution in [0.1, 0.15) is 29.7 Å². The molecule has 17 heteroatoms. The van der Waals surface area contributed by atoms with Gasteiger partial charge in [-0.25, -0.2) is 18.8 Å². The van der Waals surface area contributed by atoms with E-state index < -0.39 is 10.1 Å². The zero-order chi connectivity index (χ0) is 32.5. The number of nitrogens with two attached hydrogens (primary N) is 1. The zero-order valence-electron chi connectivity index (χ0n) is 23.1. The van der Waals surface area contributed by atoms with E-state index in [-0.39, 0.29) is 20.7 Å². The molecule has 0 amide bonds. The lowest BCUT2D eigenvalue weighted by atomic mass is 10.1. The number of nitriles is 1. The van der Waals surface area contributed by atoms with Crippen LogP contribution in [-0.2, 0) is 10.1 Å². The van der Waals surface area contributed by atoms with Crippen molar-refractivity contribution in [2.24, 2.45) is 0 Å². The second-order valence-electron chi connectivity index (χ2n) is 8.59. The quantitative estimate of drug-likeness (QED) is 0.0771. The summed E-state index contributed by atoms with van der Waals surface area (Å²) >= 11 is 19.8. The Morgan fingerprint density at radius 2 is 1.33 bits per heavy atom. The third kappa shape index (κ3) is 14.3. The molecule has 5 rings (SSSR count). The summed E-state index contributed by atoms with van der Waals surface area (Å²) in [5.74, 6) is 5.42. The lowest BCUT2D eigenvalue weighted by Crippen LogP contribution is -2.43. The highest BCUT2D eigenvalue weighted by Gasteiger charge is 2.09. The summed E-state index contributed by atoms with van der Waals surface area (Å²) < 4.78 is 41.3. The molecule has 0 saturated heterocycles. The van der Waals surface area contributed by atoms with Crippen LogP contribution in [0.25, 0.3) is 5.52 Å². The number of rotatable bonds is 1. The van der Waals surface area contributed by atoms with Crippen LogP contribution in [0.3, 0.4) is 0 Å². The summed E-state index contributed by atoms with van der Waals surface area (Å²) in [6, 6.07) is 11.2. The minimum absolute atomic E-state index is 0. The lowest BCUT2D eigenvalue weighted by Gasteiger charge is -2.14. The number of nitrogens with zero attached hydrogens (tertiary/aromatic N) is 5. The first-order chi connectivity index (χ1) is 20.0. The van der Waals surface area contributed by atoms with Crippen molar-refractivity contribution in [3.05, 3.63) is 117 Å². The maximum atomic E-state index is 10.8. The minimum Gasteiger partial charge on any atom is -0.744 e. The molecule has 0 aliphatic carbocycles. The molecule has 3 radical (unpaired) electrons. The van der Waals surface area contributed by atoms with Crippen LogP contribution in [0.5, 0.6) is 0 Å². The maximum Gasteiger partial charge on any atom is 0.213 e. The molecule has 0 aliphatic heterocycles. The van der Waals surface area contributed by atoms with Crippen molar-refractivity contribution in [3.8, 4) is 6.07 Å². The first kappa shape index (κ1) is 43.4. The van der Waals surface area contributed by atoms with E-state index in [1.807, 2.05) is 25.1 Å². The predicted molar refractivity (Wildman–Crippen MR) is 198 cm³/mol. The highest BCUT2D eigenvalue weighted by molar-refractivity contribution is 9.11. The van der Waals surface area contributed by atoms with Crippen molar-refractivity contribution >= 4 is 120 Å². The fourth-order valence-electron chi connectivity index (χ4n) is 3.60. The highest BCUT2D eigenvalue weighted by atomic mass is 79.9. The Bertz CT molecular complexity index is 1810. The van der Waals surface area contributed by atoms with Crippen LogP contribution >= 0.6 is 95.6 Å². The standard InChI is InChI=1S/C9H12O3S.C8H3Br2N3.C5H5Br2N2.C5H3Br2N.CH4.B/c1-6-4-7(2)9(8(3)5-6)13(10,11)12;9-6-1-7(10)8-5(2-11)3-12-13(8)4-6;6-4-1-5(7)3-9(8)2-4;6-4-1-5(7)3-8-2-4;;/h4-5H,1-3H3,(H,10,11,12);1,3-4H;1-3H,8H2;1-3H;1H4;/q;;+1;;;/p-1. The topological polar surface area (TPSA) is 141 Å². The Hall–Kier alpha value is -1.65. The molecule has 0 unspecified atom stereocenters. The number of fused-ring (bicyclic) bond motifs is 1. The number of benzene rings is 1. The number of hydrogen-bond acceptors (Lipinski definition) is 7. The van der Waals surface area contributed by atoms with Crippen LogP contribution < -0.4 is 10.5 Å². The molecule has 0 fully saturated rings. The summed E-state index contributed by atoms with van der Waals surface area (Å²) in [6.45, 7) is 5.12. The van der Waals surface area contributed by atoms with Crippen molar-refractivity contribution in [3.63, 3.8) is 0 Å². The number of pyridine rings is 3. The third-order valence-corrected chi connectivity index (χ3v) is 8.92.